The predicted molar refractivity (Wildman–Crippen MR) is 56.3 cm³/mol. The van der Waals surface area contributed by atoms with Crippen LogP contribution in [0.5, 0.6) is 0 Å². The molecule has 0 aliphatic carbocycles. The van der Waals surface area contributed by atoms with Crippen molar-refractivity contribution in [2.75, 3.05) is 0 Å². The number of aryl methyl sites for hydroxylation is 1. The molecular weight excluding hydrogens is 230 g/mol. The second kappa shape index (κ2) is 3.12. The number of rotatable bonds is 1. The molecule has 3 nitrogen and oxygen atoms in total. The number of hydrogen-bond donors (Lipinski definition) is 1. The SMILES string of the molecule is Cn1nc2cc(CN)ccc2c1Br. The lowest BCUT2D eigenvalue weighted by Crippen LogP contribution is -1.95. The first-order valence-electron chi connectivity index (χ1n) is 4.03. The van der Waals surface area contributed by atoms with Crippen LogP contribution in [0.15, 0.2) is 22.8 Å². The highest BCUT2D eigenvalue weighted by Crippen LogP contribution is 2.23. The first-order valence-corrected chi connectivity index (χ1v) is 4.83. The Morgan fingerprint density at radius 3 is 3.00 bits per heavy atom. The van der Waals surface area contributed by atoms with Gasteiger partial charge < -0.3 is 5.73 Å². The standard InChI is InChI=1S/C9H10BrN3/c1-13-9(10)7-3-2-6(5-11)4-8(7)12-13/h2-4H,5,11H2,1H3. The van der Waals surface area contributed by atoms with Crippen molar-refractivity contribution in [1.82, 2.24) is 9.78 Å². The highest BCUT2D eigenvalue weighted by molar-refractivity contribution is 9.10. The Kier molecular flexibility index (Phi) is 2.09. The smallest absolute Gasteiger partial charge is 0.111 e. The lowest BCUT2D eigenvalue weighted by Gasteiger charge is -1.94. The van der Waals surface area contributed by atoms with Gasteiger partial charge in [-0.1, -0.05) is 6.07 Å². The molecule has 0 fully saturated rings. The molecule has 1 aromatic heterocycles. The van der Waals surface area contributed by atoms with Crippen molar-refractivity contribution < 1.29 is 0 Å². The van der Waals surface area contributed by atoms with Gasteiger partial charge in [-0.2, -0.15) is 5.10 Å². The third kappa shape index (κ3) is 1.36. The van der Waals surface area contributed by atoms with Crippen LogP contribution in [0.4, 0.5) is 0 Å². The summed E-state index contributed by atoms with van der Waals surface area (Å²) in [7, 11) is 1.91. The van der Waals surface area contributed by atoms with Gasteiger partial charge in [0.1, 0.15) is 4.60 Å². The summed E-state index contributed by atoms with van der Waals surface area (Å²) in [5, 5.41) is 5.46. The highest BCUT2D eigenvalue weighted by Gasteiger charge is 2.05. The zero-order valence-electron chi connectivity index (χ0n) is 7.29. The molecular formula is C9H10BrN3. The Balaban J connectivity index is 2.73. The zero-order chi connectivity index (χ0) is 9.42. The molecule has 68 valence electrons. The van der Waals surface area contributed by atoms with Gasteiger partial charge in [0, 0.05) is 19.0 Å². The van der Waals surface area contributed by atoms with Gasteiger partial charge in [0.05, 0.1) is 5.52 Å². The van der Waals surface area contributed by atoms with Crippen molar-refractivity contribution in [3.05, 3.63) is 28.4 Å². The molecule has 0 spiro atoms. The molecule has 0 atom stereocenters. The molecule has 13 heavy (non-hydrogen) atoms. The topological polar surface area (TPSA) is 43.8 Å². The van der Waals surface area contributed by atoms with E-state index in [0.29, 0.717) is 6.54 Å². The molecule has 0 aliphatic rings. The summed E-state index contributed by atoms with van der Waals surface area (Å²) in [5.74, 6) is 0. The molecule has 0 bridgehead atoms. The fourth-order valence-corrected chi connectivity index (χ4v) is 1.76. The summed E-state index contributed by atoms with van der Waals surface area (Å²) in [6.45, 7) is 0.560. The average Bonchev–Trinajstić information content (AvgIpc) is 2.42. The van der Waals surface area contributed by atoms with Crippen molar-refractivity contribution in [3.63, 3.8) is 0 Å². The van der Waals surface area contributed by atoms with E-state index in [1.807, 2.05) is 29.9 Å². The van der Waals surface area contributed by atoms with Crippen LogP contribution in [0.1, 0.15) is 5.56 Å². The Morgan fingerprint density at radius 1 is 1.54 bits per heavy atom. The first-order chi connectivity index (χ1) is 6.22. The predicted octanol–water partition coefficient (Wildman–Crippen LogP) is 1.79. The van der Waals surface area contributed by atoms with Crippen LogP contribution in [0, 0.1) is 0 Å². The van der Waals surface area contributed by atoms with E-state index >= 15 is 0 Å². The molecule has 0 saturated heterocycles. The summed E-state index contributed by atoms with van der Waals surface area (Å²) in [4.78, 5) is 0. The quantitative estimate of drug-likeness (QED) is 0.825. The Morgan fingerprint density at radius 2 is 2.31 bits per heavy atom. The summed E-state index contributed by atoms with van der Waals surface area (Å²) in [5.41, 5.74) is 7.63. The molecule has 1 aromatic carbocycles. The van der Waals surface area contributed by atoms with Gasteiger partial charge in [0.25, 0.3) is 0 Å². The van der Waals surface area contributed by atoms with Crippen LogP contribution in [0.25, 0.3) is 10.9 Å². The summed E-state index contributed by atoms with van der Waals surface area (Å²) in [6.07, 6.45) is 0. The number of hydrogen-bond acceptors (Lipinski definition) is 2. The maximum absolute atomic E-state index is 5.54. The summed E-state index contributed by atoms with van der Waals surface area (Å²) < 4.78 is 2.82. The molecule has 0 radical (unpaired) electrons. The van der Waals surface area contributed by atoms with Crippen molar-refractivity contribution in [1.29, 1.82) is 0 Å². The maximum Gasteiger partial charge on any atom is 0.111 e. The van der Waals surface area contributed by atoms with E-state index in [2.05, 4.69) is 21.0 Å². The Bertz CT molecular complexity index is 447. The van der Waals surface area contributed by atoms with Gasteiger partial charge in [0.2, 0.25) is 0 Å². The van der Waals surface area contributed by atoms with E-state index in [1.165, 1.54) is 0 Å². The van der Waals surface area contributed by atoms with E-state index < -0.39 is 0 Å². The van der Waals surface area contributed by atoms with Crippen molar-refractivity contribution in [2.45, 2.75) is 6.54 Å². The Hall–Kier alpha value is -0.870. The van der Waals surface area contributed by atoms with E-state index in [9.17, 15) is 0 Å². The zero-order valence-corrected chi connectivity index (χ0v) is 8.87. The van der Waals surface area contributed by atoms with Gasteiger partial charge >= 0.3 is 0 Å². The number of benzene rings is 1. The third-order valence-corrected chi connectivity index (χ3v) is 3.00. The molecule has 0 amide bonds. The summed E-state index contributed by atoms with van der Waals surface area (Å²) >= 11 is 3.47. The number of aromatic nitrogens is 2. The van der Waals surface area contributed by atoms with Crippen LogP contribution >= 0.6 is 15.9 Å². The minimum Gasteiger partial charge on any atom is -0.326 e. The second-order valence-electron chi connectivity index (χ2n) is 2.97. The third-order valence-electron chi connectivity index (χ3n) is 2.06. The van der Waals surface area contributed by atoms with E-state index in [4.69, 9.17) is 5.73 Å². The van der Waals surface area contributed by atoms with E-state index in [-0.39, 0.29) is 0 Å². The normalized spacial score (nSPS) is 11.0. The number of fused-ring (bicyclic) bond motifs is 1. The molecule has 2 N–H and O–H groups in total. The van der Waals surface area contributed by atoms with E-state index in [0.717, 1.165) is 21.1 Å². The Labute approximate surface area is 84.7 Å². The van der Waals surface area contributed by atoms with Crippen LogP contribution in [-0.4, -0.2) is 9.78 Å². The first kappa shape index (κ1) is 8.72. The molecule has 2 rings (SSSR count). The van der Waals surface area contributed by atoms with Crippen molar-refractivity contribution >= 4 is 26.8 Å². The molecule has 4 heteroatoms. The van der Waals surface area contributed by atoms with Crippen molar-refractivity contribution in [3.8, 4) is 0 Å². The molecule has 0 saturated carbocycles. The van der Waals surface area contributed by atoms with Crippen LogP contribution in [0.3, 0.4) is 0 Å². The van der Waals surface area contributed by atoms with Gasteiger partial charge in [-0.15, -0.1) is 0 Å². The molecule has 2 aromatic rings. The fourth-order valence-electron chi connectivity index (χ4n) is 1.34. The van der Waals surface area contributed by atoms with Crippen LogP contribution < -0.4 is 5.73 Å². The minimum absolute atomic E-state index is 0.560. The second-order valence-corrected chi connectivity index (χ2v) is 3.72. The maximum atomic E-state index is 5.54. The largest absolute Gasteiger partial charge is 0.326 e. The molecule has 1 heterocycles. The number of nitrogens with zero attached hydrogens (tertiary/aromatic N) is 2. The molecule has 0 aliphatic heterocycles. The van der Waals surface area contributed by atoms with Crippen LogP contribution in [0.2, 0.25) is 0 Å². The summed E-state index contributed by atoms with van der Waals surface area (Å²) in [6, 6.07) is 6.07. The van der Waals surface area contributed by atoms with Gasteiger partial charge in [0.15, 0.2) is 0 Å². The highest BCUT2D eigenvalue weighted by atomic mass is 79.9. The number of halogens is 1. The van der Waals surface area contributed by atoms with Gasteiger partial charge in [-0.05, 0) is 33.6 Å². The van der Waals surface area contributed by atoms with Crippen molar-refractivity contribution in [2.24, 2.45) is 12.8 Å². The van der Waals surface area contributed by atoms with Crippen LogP contribution in [-0.2, 0) is 13.6 Å². The lowest BCUT2D eigenvalue weighted by atomic mass is 10.2. The monoisotopic (exact) mass is 239 g/mol. The fraction of sp³-hybridized carbons (Fsp3) is 0.222. The minimum atomic E-state index is 0.560. The average molecular weight is 240 g/mol. The van der Waals surface area contributed by atoms with E-state index in [1.54, 1.807) is 0 Å². The van der Waals surface area contributed by atoms with Gasteiger partial charge in [-0.25, -0.2) is 0 Å². The van der Waals surface area contributed by atoms with Gasteiger partial charge in [-0.3, -0.25) is 4.68 Å². The lowest BCUT2D eigenvalue weighted by molar-refractivity contribution is 0.761. The molecule has 0 unspecified atom stereocenters. The number of nitrogens with two attached hydrogens (primary N) is 1.